The maximum absolute atomic E-state index is 12.1. The van der Waals surface area contributed by atoms with Crippen molar-refractivity contribution in [3.8, 4) is 0 Å². The SMILES string of the molecule is CS(=O)(=O)NC[C@H]1CCC2(CN(C(=O)c3ccco3)C2)OC1. The number of nitrogens with one attached hydrogen (secondary N) is 1. The van der Waals surface area contributed by atoms with Gasteiger partial charge >= 0.3 is 0 Å². The van der Waals surface area contributed by atoms with E-state index in [4.69, 9.17) is 9.15 Å². The minimum Gasteiger partial charge on any atom is -0.459 e. The molecule has 0 aromatic carbocycles. The van der Waals surface area contributed by atoms with Crippen molar-refractivity contribution in [2.75, 3.05) is 32.5 Å². The van der Waals surface area contributed by atoms with Crippen molar-refractivity contribution in [2.24, 2.45) is 5.92 Å². The molecule has 3 heterocycles. The molecule has 122 valence electrons. The van der Waals surface area contributed by atoms with E-state index >= 15 is 0 Å². The van der Waals surface area contributed by atoms with E-state index in [2.05, 4.69) is 4.72 Å². The first-order chi connectivity index (χ1) is 10.4. The lowest BCUT2D eigenvalue weighted by molar-refractivity contribution is -0.166. The molecule has 2 saturated heterocycles. The lowest BCUT2D eigenvalue weighted by Crippen LogP contribution is -2.66. The first kappa shape index (κ1) is 15.5. The molecule has 2 aliphatic rings. The van der Waals surface area contributed by atoms with Gasteiger partial charge in [-0.2, -0.15) is 0 Å². The molecule has 1 amide bonds. The van der Waals surface area contributed by atoms with Crippen molar-refractivity contribution in [1.29, 1.82) is 0 Å². The Hall–Kier alpha value is -1.38. The van der Waals surface area contributed by atoms with Gasteiger partial charge in [0.05, 0.1) is 32.2 Å². The number of hydrogen-bond donors (Lipinski definition) is 1. The Bertz CT molecular complexity index is 624. The number of furan rings is 1. The molecule has 1 N–H and O–H groups in total. The number of ether oxygens (including phenoxy) is 1. The van der Waals surface area contributed by atoms with Gasteiger partial charge in [-0.15, -0.1) is 0 Å². The zero-order chi connectivity index (χ0) is 15.8. The Morgan fingerprint density at radius 3 is 2.82 bits per heavy atom. The van der Waals surface area contributed by atoms with Crippen molar-refractivity contribution in [3.63, 3.8) is 0 Å². The van der Waals surface area contributed by atoms with Gasteiger partial charge in [-0.3, -0.25) is 4.79 Å². The molecule has 22 heavy (non-hydrogen) atoms. The zero-order valence-corrected chi connectivity index (χ0v) is 13.3. The van der Waals surface area contributed by atoms with Crippen LogP contribution in [0.1, 0.15) is 23.4 Å². The summed E-state index contributed by atoms with van der Waals surface area (Å²) in [6, 6.07) is 3.35. The Kier molecular flexibility index (Phi) is 4.00. The highest BCUT2D eigenvalue weighted by atomic mass is 32.2. The van der Waals surface area contributed by atoms with Gasteiger partial charge in [0.2, 0.25) is 10.0 Å². The second-order valence-electron chi connectivity index (χ2n) is 6.16. The first-order valence-corrected chi connectivity index (χ1v) is 9.17. The van der Waals surface area contributed by atoms with Gasteiger partial charge in [-0.1, -0.05) is 0 Å². The fourth-order valence-electron chi connectivity index (χ4n) is 2.95. The second kappa shape index (κ2) is 5.68. The summed E-state index contributed by atoms with van der Waals surface area (Å²) in [6.45, 7) is 2.06. The van der Waals surface area contributed by atoms with E-state index < -0.39 is 10.0 Å². The average molecular weight is 328 g/mol. The van der Waals surface area contributed by atoms with Gasteiger partial charge < -0.3 is 14.1 Å². The number of likely N-dealkylation sites (tertiary alicyclic amines) is 1. The molecule has 1 atom stereocenters. The summed E-state index contributed by atoms with van der Waals surface area (Å²) >= 11 is 0. The molecule has 2 aliphatic heterocycles. The number of hydrogen-bond acceptors (Lipinski definition) is 5. The molecule has 3 rings (SSSR count). The molecule has 8 heteroatoms. The van der Waals surface area contributed by atoms with E-state index in [1.54, 1.807) is 17.0 Å². The molecular formula is C14H20N2O5S. The average Bonchev–Trinajstić information content (AvgIpc) is 2.96. The molecule has 0 unspecified atom stereocenters. The minimum absolute atomic E-state index is 0.111. The summed E-state index contributed by atoms with van der Waals surface area (Å²) in [7, 11) is -3.16. The molecule has 0 radical (unpaired) electrons. The Morgan fingerprint density at radius 2 is 2.27 bits per heavy atom. The molecule has 1 spiro atoms. The van der Waals surface area contributed by atoms with Crippen LogP contribution >= 0.6 is 0 Å². The van der Waals surface area contributed by atoms with Crippen LogP contribution < -0.4 is 4.72 Å². The van der Waals surface area contributed by atoms with Crippen LogP contribution in [0, 0.1) is 5.92 Å². The largest absolute Gasteiger partial charge is 0.459 e. The van der Waals surface area contributed by atoms with Gasteiger partial charge in [-0.25, -0.2) is 13.1 Å². The van der Waals surface area contributed by atoms with Crippen molar-refractivity contribution < 1.29 is 22.4 Å². The number of rotatable bonds is 4. The summed E-state index contributed by atoms with van der Waals surface area (Å²) in [5.74, 6) is 0.427. The van der Waals surface area contributed by atoms with Crippen molar-refractivity contribution >= 4 is 15.9 Å². The molecular weight excluding hydrogens is 308 g/mol. The van der Waals surface area contributed by atoms with Crippen LogP contribution in [0.5, 0.6) is 0 Å². The fourth-order valence-corrected chi connectivity index (χ4v) is 3.48. The van der Waals surface area contributed by atoms with E-state index in [1.165, 1.54) is 6.26 Å². The summed E-state index contributed by atoms with van der Waals surface area (Å²) in [5, 5.41) is 0. The quantitative estimate of drug-likeness (QED) is 0.867. The normalized spacial score (nSPS) is 24.2. The zero-order valence-electron chi connectivity index (χ0n) is 12.4. The molecule has 0 bridgehead atoms. The van der Waals surface area contributed by atoms with E-state index in [9.17, 15) is 13.2 Å². The number of carbonyl (C=O) groups is 1. The van der Waals surface area contributed by atoms with Crippen molar-refractivity contribution in [2.45, 2.75) is 18.4 Å². The predicted molar refractivity (Wildman–Crippen MR) is 78.9 cm³/mol. The highest BCUT2D eigenvalue weighted by Crippen LogP contribution is 2.36. The lowest BCUT2D eigenvalue weighted by atomic mass is 9.83. The minimum atomic E-state index is -3.16. The molecule has 1 aromatic heterocycles. The van der Waals surface area contributed by atoms with Crippen LogP contribution in [-0.2, 0) is 14.8 Å². The third-order valence-corrected chi connectivity index (χ3v) is 4.94. The van der Waals surface area contributed by atoms with Gasteiger partial charge in [-0.05, 0) is 30.9 Å². The topological polar surface area (TPSA) is 88.9 Å². The summed E-state index contributed by atoms with van der Waals surface area (Å²) in [5.41, 5.74) is -0.260. The lowest BCUT2D eigenvalue weighted by Gasteiger charge is -2.52. The Balaban J connectivity index is 1.46. The van der Waals surface area contributed by atoms with Crippen LogP contribution in [-0.4, -0.2) is 57.3 Å². The predicted octanol–water partition coefficient (Wildman–Crippen LogP) is 0.450. The molecule has 1 aromatic rings. The van der Waals surface area contributed by atoms with Crippen LogP contribution in [0.2, 0.25) is 0 Å². The first-order valence-electron chi connectivity index (χ1n) is 7.28. The van der Waals surface area contributed by atoms with E-state index in [0.717, 1.165) is 19.1 Å². The van der Waals surface area contributed by atoms with Gasteiger partial charge in [0, 0.05) is 6.54 Å². The van der Waals surface area contributed by atoms with E-state index in [1.807, 2.05) is 0 Å². The van der Waals surface area contributed by atoms with Gasteiger partial charge in [0.25, 0.3) is 5.91 Å². The molecule has 0 aliphatic carbocycles. The monoisotopic (exact) mass is 328 g/mol. The van der Waals surface area contributed by atoms with Crippen molar-refractivity contribution in [1.82, 2.24) is 9.62 Å². The highest BCUT2D eigenvalue weighted by molar-refractivity contribution is 7.88. The van der Waals surface area contributed by atoms with Gasteiger partial charge in [0.15, 0.2) is 5.76 Å². The Morgan fingerprint density at radius 1 is 1.50 bits per heavy atom. The van der Waals surface area contributed by atoms with Crippen molar-refractivity contribution in [3.05, 3.63) is 24.2 Å². The van der Waals surface area contributed by atoms with E-state index in [0.29, 0.717) is 32.0 Å². The number of carbonyl (C=O) groups excluding carboxylic acids is 1. The fraction of sp³-hybridized carbons (Fsp3) is 0.643. The molecule has 2 fully saturated rings. The third kappa shape index (κ3) is 3.34. The summed E-state index contributed by atoms with van der Waals surface area (Å²) < 4.78 is 35.7. The highest BCUT2D eigenvalue weighted by Gasteiger charge is 2.48. The summed E-state index contributed by atoms with van der Waals surface area (Å²) in [4.78, 5) is 13.8. The van der Waals surface area contributed by atoms with Crippen LogP contribution in [0.3, 0.4) is 0 Å². The maximum atomic E-state index is 12.1. The van der Waals surface area contributed by atoms with Crippen LogP contribution in [0.25, 0.3) is 0 Å². The maximum Gasteiger partial charge on any atom is 0.289 e. The summed E-state index contributed by atoms with van der Waals surface area (Å²) in [6.07, 6.45) is 4.37. The van der Waals surface area contributed by atoms with Gasteiger partial charge in [0.1, 0.15) is 5.60 Å². The third-order valence-electron chi connectivity index (χ3n) is 4.24. The molecule has 0 saturated carbocycles. The number of nitrogens with zero attached hydrogens (tertiary/aromatic N) is 1. The van der Waals surface area contributed by atoms with Crippen LogP contribution in [0.15, 0.2) is 22.8 Å². The molecule has 7 nitrogen and oxygen atoms in total. The number of sulfonamides is 1. The number of amides is 1. The smallest absolute Gasteiger partial charge is 0.289 e. The standard InChI is InChI=1S/C14H20N2O5S/c1-22(18,19)15-7-11-4-5-14(21-8-11)9-16(10-14)13(17)12-3-2-6-20-12/h2-3,6,11,15H,4-5,7-10H2,1H3/t11-/m1/s1. The second-order valence-corrected chi connectivity index (χ2v) is 7.99. The van der Waals surface area contributed by atoms with Crippen LogP contribution in [0.4, 0.5) is 0 Å². The Labute approximate surface area is 129 Å². The van der Waals surface area contributed by atoms with E-state index in [-0.39, 0.29) is 17.4 Å².